The van der Waals surface area contributed by atoms with E-state index in [0.717, 1.165) is 23.5 Å². The second-order valence-electron chi connectivity index (χ2n) is 4.69. The third-order valence-corrected chi connectivity index (χ3v) is 3.29. The molecule has 2 rings (SSSR count). The van der Waals surface area contributed by atoms with E-state index in [1.807, 2.05) is 18.2 Å². The van der Waals surface area contributed by atoms with Crippen LogP contribution in [0.3, 0.4) is 0 Å². The van der Waals surface area contributed by atoms with Crippen molar-refractivity contribution < 1.29 is 14.0 Å². The van der Waals surface area contributed by atoms with Gasteiger partial charge in [0.2, 0.25) is 5.89 Å². The average Bonchev–Trinajstić information content (AvgIpc) is 2.93. The molecule has 0 saturated heterocycles. The van der Waals surface area contributed by atoms with Crippen LogP contribution in [0.25, 0.3) is 0 Å². The van der Waals surface area contributed by atoms with Crippen molar-refractivity contribution in [1.82, 2.24) is 15.5 Å². The molecule has 0 radical (unpaired) electrons. The van der Waals surface area contributed by atoms with Gasteiger partial charge in [0.05, 0.1) is 20.8 Å². The normalized spacial score (nSPS) is 12.2. The lowest BCUT2D eigenvalue weighted by molar-refractivity contribution is 0.348. The first-order valence-corrected chi connectivity index (χ1v) is 6.92. The van der Waals surface area contributed by atoms with E-state index in [2.05, 4.69) is 22.4 Å². The van der Waals surface area contributed by atoms with Crippen molar-refractivity contribution in [3.05, 3.63) is 35.5 Å². The van der Waals surface area contributed by atoms with Crippen molar-refractivity contribution in [3.8, 4) is 11.5 Å². The van der Waals surface area contributed by atoms with Gasteiger partial charge in [-0.2, -0.15) is 4.98 Å². The number of ether oxygens (including phenoxy) is 2. The molecule has 1 heterocycles. The van der Waals surface area contributed by atoms with Gasteiger partial charge >= 0.3 is 0 Å². The molecule has 0 aliphatic heterocycles. The van der Waals surface area contributed by atoms with E-state index >= 15 is 0 Å². The molecule has 0 saturated carbocycles. The molecule has 0 fully saturated rings. The maximum atomic E-state index is 5.34. The fourth-order valence-electron chi connectivity index (χ4n) is 2.19. The summed E-state index contributed by atoms with van der Waals surface area (Å²) in [5.74, 6) is 2.69. The number of methoxy groups -OCH3 is 2. The highest BCUT2D eigenvalue weighted by Gasteiger charge is 2.13. The van der Waals surface area contributed by atoms with Gasteiger partial charge in [0.15, 0.2) is 17.3 Å². The Bertz CT molecular complexity index is 583. The largest absolute Gasteiger partial charge is 0.493 e. The Labute approximate surface area is 124 Å². The Morgan fingerprint density at radius 2 is 2.00 bits per heavy atom. The molecule has 1 atom stereocenters. The summed E-state index contributed by atoms with van der Waals surface area (Å²) in [6.07, 6.45) is 0.933. The highest BCUT2D eigenvalue weighted by molar-refractivity contribution is 5.43. The Morgan fingerprint density at radius 3 is 2.57 bits per heavy atom. The second kappa shape index (κ2) is 7.08. The number of hydrogen-bond acceptors (Lipinski definition) is 6. The highest BCUT2D eigenvalue weighted by Crippen LogP contribution is 2.30. The SMILES string of the molecule is CCC(NCc1nc(C)no1)c1ccc(OC)c(OC)c1. The van der Waals surface area contributed by atoms with E-state index < -0.39 is 0 Å². The predicted octanol–water partition coefficient (Wildman–Crippen LogP) is 2.64. The Morgan fingerprint density at radius 1 is 1.24 bits per heavy atom. The minimum absolute atomic E-state index is 0.178. The van der Waals surface area contributed by atoms with Crippen molar-refractivity contribution in [2.24, 2.45) is 0 Å². The van der Waals surface area contributed by atoms with E-state index in [4.69, 9.17) is 14.0 Å². The molecular weight excluding hydrogens is 270 g/mol. The highest BCUT2D eigenvalue weighted by atomic mass is 16.5. The summed E-state index contributed by atoms with van der Waals surface area (Å²) < 4.78 is 15.7. The summed E-state index contributed by atoms with van der Waals surface area (Å²) in [5, 5.41) is 7.19. The second-order valence-corrected chi connectivity index (χ2v) is 4.69. The third kappa shape index (κ3) is 3.72. The summed E-state index contributed by atoms with van der Waals surface area (Å²) in [7, 11) is 3.27. The summed E-state index contributed by atoms with van der Waals surface area (Å²) >= 11 is 0. The van der Waals surface area contributed by atoms with Crippen LogP contribution in [0.15, 0.2) is 22.7 Å². The van der Waals surface area contributed by atoms with Crippen LogP contribution < -0.4 is 14.8 Å². The van der Waals surface area contributed by atoms with Crippen LogP contribution >= 0.6 is 0 Å². The number of nitrogens with one attached hydrogen (secondary N) is 1. The molecule has 6 nitrogen and oxygen atoms in total. The fourth-order valence-corrected chi connectivity index (χ4v) is 2.19. The van der Waals surface area contributed by atoms with Gasteiger partial charge in [-0.15, -0.1) is 0 Å². The Kier molecular flexibility index (Phi) is 5.16. The lowest BCUT2D eigenvalue weighted by Crippen LogP contribution is -2.20. The quantitative estimate of drug-likeness (QED) is 0.845. The number of rotatable bonds is 7. The molecule has 1 aromatic carbocycles. The summed E-state index contributed by atoms with van der Waals surface area (Å²) in [6.45, 7) is 4.46. The molecule has 1 N–H and O–H groups in total. The van der Waals surface area contributed by atoms with E-state index in [9.17, 15) is 0 Å². The van der Waals surface area contributed by atoms with Crippen molar-refractivity contribution in [3.63, 3.8) is 0 Å². The molecule has 1 unspecified atom stereocenters. The van der Waals surface area contributed by atoms with Crippen LogP contribution in [-0.4, -0.2) is 24.4 Å². The molecule has 0 aliphatic rings. The predicted molar refractivity (Wildman–Crippen MR) is 78.5 cm³/mol. The minimum Gasteiger partial charge on any atom is -0.493 e. The van der Waals surface area contributed by atoms with Gasteiger partial charge in [-0.3, -0.25) is 0 Å². The summed E-state index contributed by atoms with van der Waals surface area (Å²) in [5.41, 5.74) is 1.13. The zero-order valence-electron chi connectivity index (χ0n) is 12.8. The molecular formula is C15H21N3O3. The smallest absolute Gasteiger partial charge is 0.240 e. The van der Waals surface area contributed by atoms with Gasteiger partial charge in [-0.05, 0) is 31.0 Å². The Hall–Kier alpha value is -2.08. The molecule has 0 spiro atoms. The average molecular weight is 291 g/mol. The van der Waals surface area contributed by atoms with Crippen LogP contribution in [-0.2, 0) is 6.54 Å². The van der Waals surface area contributed by atoms with Crippen LogP contribution in [0, 0.1) is 6.92 Å². The first kappa shape index (κ1) is 15.3. The number of hydrogen-bond donors (Lipinski definition) is 1. The number of aryl methyl sites for hydroxylation is 1. The molecule has 21 heavy (non-hydrogen) atoms. The third-order valence-electron chi connectivity index (χ3n) is 3.29. The lowest BCUT2D eigenvalue weighted by atomic mass is 10.0. The number of aromatic nitrogens is 2. The maximum absolute atomic E-state index is 5.34. The standard InChI is InChI=1S/C15H21N3O3/c1-5-12(16-9-15-17-10(2)18-21-15)11-6-7-13(19-3)14(8-11)20-4/h6-8,12,16H,5,9H2,1-4H3. The topological polar surface area (TPSA) is 69.4 Å². The van der Waals surface area contributed by atoms with Crippen LogP contribution in [0.1, 0.15) is 36.7 Å². The summed E-state index contributed by atoms with van der Waals surface area (Å²) in [6, 6.07) is 6.10. The molecule has 0 aliphatic carbocycles. The first-order chi connectivity index (χ1) is 10.2. The lowest BCUT2D eigenvalue weighted by Gasteiger charge is -2.18. The molecule has 114 valence electrons. The van der Waals surface area contributed by atoms with Gasteiger partial charge in [-0.1, -0.05) is 18.1 Å². The van der Waals surface area contributed by atoms with Crippen molar-refractivity contribution in [2.75, 3.05) is 14.2 Å². The molecule has 2 aromatic rings. The Balaban J connectivity index is 2.09. The molecule has 1 aromatic heterocycles. The van der Waals surface area contributed by atoms with Gasteiger partial charge in [-0.25, -0.2) is 0 Å². The van der Waals surface area contributed by atoms with Gasteiger partial charge in [0, 0.05) is 6.04 Å². The monoisotopic (exact) mass is 291 g/mol. The van der Waals surface area contributed by atoms with Gasteiger partial charge < -0.3 is 19.3 Å². The number of benzene rings is 1. The van der Waals surface area contributed by atoms with Crippen molar-refractivity contribution in [1.29, 1.82) is 0 Å². The zero-order valence-corrected chi connectivity index (χ0v) is 12.8. The van der Waals surface area contributed by atoms with E-state index in [0.29, 0.717) is 18.3 Å². The minimum atomic E-state index is 0.178. The van der Waals surface area contributed by atoms with Crippen LogP contribution in [0.5, 0.6) is 11.5 Å². The molecule has 0 bridgehead atoms. The van der Waals surface area contributed by atoms with Crippen molar-refractivity contribution in [2.45, 2.75) is 32.9 Å². The molecule has 0 amide bonds. The van der Waals surface area contributed by atoms with E-state index in [-0.39, 0.29) is 6.04 Å². The fraction of sp³-hybridized carbons (Fsp3) is 0.467. The molecule has 6 heteroatoms. The van der Waals surface area contributed by atoms with Crippen LogP contribution in [0.4, 0.5) is 0 Å². The summed E-state index contributed by atoms with van der Waals surface area (Å²) in [4.78, 5) is 4.19. The van der Waals surface area contributed by atoms with E-state index in [1.165, 1.54) is 0 Å². The zero-order chi connectivity index (χ0) is 15.2. The maximum Gasteiger partial charge on any atom is 0.240 e. The van der Waals surface area contributed by atoms with Gasteiger partial charge in [0.25, 0.3) is 0 Å². The van der Waals surface area contributed by atoms with Crippen LogP contribution in [0.2, 0.25) is 0 Å². The number of nitrogens with zero attached hydrogens (tertiary/aromatic N) is 2. The van der Waals surface area contributed by atoms with Gasteiger partial charge in [0.1, 0.15) is 0 Å². The first-order valence-electron chi connectivity index (χ1n) is 6.92. The van der Waals surface area contributed by atoms with E-state index in [1.54, 1.807) is 21.1 Å². The van der Waals surface area contributed by atoms with Crippen molar-refractivity contribution >= 4 is 0 Å².